The normalized spacial score (nSPS) is 21.5. The van der Waals surface area contributed by atoms with Crippen LogP contribution in [-0.4, -0.2) is 34.8 Å². The van der Waals surface area contributed by atoms with Gasteiger partial charge in [0.15, 0.2) is 0 Å². The molecule has 2 amide bonds. The van der Waals surface area contributed by atoms with Crippen molar-refractivity contribution in [2.75, 3.05) is 13.1 Å². The zero-order valence-electron chi connectivity index (χ0n) is 11.9. The first kappa shape index (κ1) is 15.0. The molecule has 2 aromatic rings. The molecule has 0 radical (unpaired) electrons. The van der Waals surface area contributed by atoms with E-state index in [2.05, 4.69) is 20.9 Å². The lowest BCUT2D eigenvalue weighted by Crippen LogP contribution is -2.32. The number of nitrogens with two attached hydrogens (primary N) is 1. The summed E-state index contributed by atoms with van der Waals surface area (Å²) in [6.45, 7) is 2.66. The number of amides is 2. The minimum atomic E-state index is -0.399. The third-order valence-corrected chi connectivity index (χ3v) is 4.61. The molecular weight excluding hydrogens is 353 g/mol. The molecule has 1 saturated heterocycles. The van der Waals surface area contributed by atoms with Crippen molar-refractivity contribution in [2.24, 2.45) is 17.6 Å². The summed E-state index contributed by atoms with van der Waals surface area (Å²) in [4.78, 5) is 28.4. The summed E-state index contributed by atoms with van der Waals surface area (Å²) >= 11 is 3.22. The summed E-state index contributed by atoms with van der Waals surface area (Å²) in [5, 5.41) is 0.366. The first-order valence-electron chi connectivity index (χ1n) is 6.93. The maximum atomic E-state index is 13.9. The van der Waals surface area contributed by atoms with Crippen molar-refractivity contribution in [3.8, 4) is 0 Å². The van der Waals surface area contributed by atoms with Crippen molar-refractivity contribution in [2.45, 2.75) is 6.92 Å². The van der Waals surface area contributed by atoms with Gasteiger partial charge in [0.1, 0.15) is 11.5 Å². The van der Waals surface area contributed by atoms with Crippen LogP contribution in [0.1, 0.15) is 17.4 Å². The zero-order chi connectivity index (χ0) is 16.0. The summed E-state index contributed by atoms with van der Waals surface area (Å²) < 4.78 is 14.5. The molecule has 0 saturated carbocycles. The standard InChI is InChI=1S/C15H15BrFN3O2/c1-7-5-20(6-10(7)14(18)21)15(22)13-4-9-11(17)2-8(16)3-12(9)19-13/h2-4,7,10,19H,5-6H2,1H3,(H2,18,21)/t7-,10-/m0/s1. The van der Waals surface area contributed by atoms with Gasteiger partial charge in [-0.3, -0.25) is 9.59 Å². The van der Waals surface area contributed by atoms with Gasteiger partial charge in [-0.15, -0.1) is 0 Å². The van der Waals surface area contributed by atoms with Crippen molar-refractivity contribution in [1.29, 1.82) is 0 Å². The Morgan fingerprint density at radius 1 is 1.36 bits per heavy atom. The van der Waals surface area contributed by atoms with Gasteiger partial charge in [-0.1, -0.05) is 22.9 Å². The van der Waals surface area contributed by atoms with Crippen LogP contribution in [0.4, 0.5) is 4.39 Å². The molecule has 1 aliphatic heterocycles. The topological polar surface area (TPSA) is 79.2 Å². The molecule has 0 aliphatic carbocycles. The summed E-state index contributed by atoms with van der Waals surface area (Å²) in [6, 6.07) is 4.57. The van der Waals surface area contributed by atoms with Gasteiger partial charge in [0.2, 0.25) is 5.91 Å². The van der Waals surface area contributed by atoms with E-state index in [1.807, 2.05) is 6.92 Å². The molecule has 2 atom stereocenters. The third kappa shape index (κ3) is 2.49. The van der Waals surface area contributed by atoms with E-state index >= 15 is 0 Å². The molecule has 0 spiro atoms. The van der Waals surface area contributed by atoms with Gasteiger partial charge in [0, 0.05) is 22.9 Å². The molecule has 0 unspecified atom stereocenters. The van der Waals surface area contributed by atoms with E-state index in [1.54, 1.807) is 11.0 Å². The first-order valence-corrected chi connectivity index (χ1v) is 7.72. The fraction of sp³-hybridized carbons (Fsp3) is 0.333. The average molecular weight is 368 g/mol. The van der Waals surface area contributed by atoms with Crippen LogP contribution in [-0.2, 0) is 4.79 Å². The number of fused-ring (bicyclic) bond motifs is 1. The molecule has 1 aromatic heterocycles. The summed E-state index contributed by atoms with van der Waals surface area (Å²) in [6.07, 6.45) is 0. The quantitative estimate of drug-likeness (QED) is 0.853. The molecular formula is C15H15BrFN3O2. The maximum Gasteiger partial charge on any atom is 0.270 e. The Kier molecular flexibility index (Phi) is 3.68. The van der Waals surface area contributed by atoms with E-state index in [4.69, 9.17) is 5.73 Å². The predicted octanol–water partition coefficient (Wildman–Crippen LogP) is 2.26. The minimum absolute atomic E-state index is 0.0247. The van der Waals surface area contributed by atoms with E-state index in [9.17, 15) is 14.0 Å². The summed E-state index contributed by atoms with van der Waals surface area (Å²) in [5.41, 5.74) is 6.21. The highest BCUT2D eigenvalue weighted by molar-refractivity contribution is 9.10. The number of hydrogen-bond acceptors (Lipinski definition) is 2. The molecule has 7 heteroatoms. The van der Waals surface area contributed by atoms with Gasteiger partial charge in [0.25, 0.3) is 5.91 Å². The zero-order valence-corrected chi connectivity index (χ0v) is 13.5. The number of halogens is 2. The predicted molar refractivity (Wildman–Crippen MR) is 83.7 cm³/mol. The van der Waals surface area contributed by atoms with Gasteiger partial charge in [-0.05, 0) is 24.1 Å². The molecule has 1 aromatic carbocycles. The Morgan fingerprint density at radius 2 is 2.09 bits per heavy atom. The molecule has 1 fully saturated rings. The van der Waals surface area contributed by atoms with Crippen molar-refractivity contribution in [3.63, 3.8) is 0 Å². The molecule has 116 valence electrons. The largest absolute Gasteiger partial charge is 0.369 e. The van der Waals surface area contributed by atoms with Gasteiger partial charge >= 0.3 is 0 Å². The lowest BCUT2D eigenvalue weighted by molar-refractivity contribution is -0.122. The molecule has 3 rings (SSSR count). The van der Waals surface area contributed by atoms with E-state index in [1.165, 1.54) is 12.1 Å². The second-order valence-corrected chi connectivity index (χ2v) is 6.64. The highest BCUT2D eigenvalue weighted by Gasteiger charge is 2.36. The Morgan fingerprint density at radius 3 is 2.73 bits per heavy atom. The van der Waals surface area contributed by atoms with Crippen LogP contribution in [0.25, 0.3) is 10.9 Å². The van der Waals surface area contributed by atoms with E-state index < -0.39 is 11.7 Å². The molecule has 2 heterocycles. The van der Waals surface area contributed by atoms with Crippen LogP contribution in [0, 0.1) is 17.7 Å². The molecule has 3 N–H and O–H groups in total. The monoisotopic (exact) mass is 367 g/mol. The van der Waals surface area contributed by atoms with Gasteiger partial charge in [0.05, 0.1) is 11.4 Å². The van der Waals surface area contributed by atoms with Crippen molar-refractivity contribution in [3.05, 3.63) is 34.2 Å². The van der Waals surface area contributed by atoms with Crippen LogP contribution in [0.5, 0.6) is 0 Å². The third-order valence-electron chi connectivity index (χ3n) is 4.15. The van der Waals surface area contributed by atoms with Crippen LogP contribution in [0.15, 0.2) is 22.7 Å². The van der Waals surface area contributed by atoms with Crippen molar-refractivity contribution in [1.82, 2.24) is 9.88 Å². The van der Waals surface area contributed by atoms with E-state index in [0.717, 1.165) is 0 Å². The van der Waals surface area contributed by atoms with Crippen LogP contribution in [0.2, 0.25) is 0 Å². The maximum absolute atomic E-state index is 13.9. The first-order chi connectivity index (χ1) is 10.4. The van der Waals surface area contributed by atoms with Crippen molar-refractivity contribution >= 4 is 38.6 Å². The highest BCUT2D eigenvalue weighted by atomic mass is 79.9. The number of rotatable bonds is 2. The Labute approximate surface area is 134 Å². The Balaban J connectivity index is 1.90. The summed E-state index contributed by atoms with van der Waals surface area (Å²) in [5.74, 6) is -1.35. The number of aromatic nitrogens is 1. The summed E-state index contributed by atoms with van der Waals surface area (Å²) in [7, 11) is 0. The molecule has 22 heavy (non-hydrogen) atoms. The number of nitrogens with zero attached hydrogens (tertiary/aromatic N) is 1. The van der Waals surface area contributed by atoms with Gasteiger partial charge < -0.3 is 15.6 Å². The van der Waals surface area contributed by atoms with E-state index in [-0.39, 0.29) is 17.7 Å². The van der Waals surface area contributed by atoms with E-state index in [0.29, 0.717) is 34.2 Å². The number of H-pyrrole nitrogens is 1. The lowest BCUT2D eigenvalue weighted by atomic mass is 9.98. The molecule has 1 aliphatic rings. The van der Waals surface area contributed by atoms with Crippen LogP contribution < -0.4 is 5.73 Å². The van der Waals surface area contributed by atoms with Crippen molar-refractivity contribution < 1.29 is 14.0 Å². The Bertz CT molecular complexity index is 773. The number of primary amides is 1. The fourth-order valence-corrected chi connectivity index (χ4v) is 3.38. The number of likely N-dealkylation sites (tertiary alicyclic amines) is 1. The van der Waals surface area contributed by atoms with Crippen LogP contribution in [0.3, 0.4) is 0 Å². The van der Waals surface area contributed by atoms with Gasteiger partial charge in [-0.25, -0.2) is 4.39 Å². The Hall–Kier alpha value is -1.89. The molecule has 0 bridgehead atoms. The number of benzene rings is 1. The van der Waals surface area contributed by atoms with Crippen LogP contribution >= 0.6 is 15.9 Å². The second-order valence-electron chi connectivity index (χ2n) is 5.73. The SMILES string of the molecule is C[C@H]1CN(C(=O)c2cc3c(F)cc(Br)cc3[nH]2)C[C@@H]1C(N)=O. The number of carbonyl (C=O) groups excluding carboxylic acids is 2. The number of hydrogen-bond donors (Lipinski definition) is 2. The average Bonchev–Trinajstić information content (AvgIpc) is 3.01. The fourth-order valence-electron chi connectivity index (χ4n) is 2.95. The second kappa shape index (κ2) is 5.39. The minimum Gasteiger partial charge on any atom is -0.369 e. The molecule has 5 nitrogen and oxygen atoms in total. The highest BCUT2D eigenvalue weighted by Crippen LogP contribution is 2.27. The van der Waals surface area contributed by atoms with Gasteiger partial charge in [-0.2, -0.15) is 0 Å². The lowest BCUT2D eigenvalue weighted by Gasteiger charge is -2.14. The smallest absolute Gasteiger partial charge is 0.270 e. The number of nitrogens with one attached hydrogen (secondary N) is 1. The number of carbonyl (C=O) groups is 2. The number of aromatic amines is 1.